The van der Waals surface area contributed by atoms with Gasteiger partial charge in [-0.05, 0) is 49.7 Å². The molecule has 3 rings (SSSR count). The van der Waals surface area contributed by atoms with Crippen molar-refractivity contribution in [2.45, 2.75) is 70.4 Å². The third-order valence-electron chi connectivity index (χ3n) is 5.98. The van der Waals surface area contributed by atoms with Crippen molar-refractivity contribution in [3.05, 3.63) is 29.8 Å². The average molecular weight is 333 g/mol. The molecule has 0 radical (unpaired) electrons. The van der Waals surface area contributed by atoms with Crippen LogP contribution >= 0.6 is 0 Å². The van der Waals surface area contributed by atoms with Crippen molar-refractivity contribution >= 4 is 0 Å². The van der Waals surface area contributed by atoms with Crippen molar-refractivity contribution in [2.24, 2.45) is 5.92 Å². The molecular weight excluding hydrogens is 298 g/mol. The monoisotopic (exact) mass is 332 g/mol. The number of hydrogen-bond donors (Lipinski definition) is 2. The molecule has 1 aliphatic heterocycles. The lowest BCUT2D eigenvalue weighted by Gasteiger charge is -2.41. The Labute approximate surface area is 147 Å². The van der Waals surface area contributed by atoms with Gasteiger partial charge < -0.3 is 14.7 Å². The van der Waals surface area contributed by atoms with E-state index in [1.54, 1.807) is 4.90 Å². The van der Waals surface area contributed by atoms with Crippen LogP contribution in [0.2, 0.25) is 0 Å². The molecular formula is C21H34NO2+. The van der Waals surface area contributed by atoms with Gasteiger partial charge in [-0.25, -0.2) is 0 Å². The molecule has 2 fully saturated rings. The maximum Gasteiger partial charge on any atom is 0.137 e. The molecule has 1 aliphatic carbocycles. The largest absolute Gasteiger partial charge is 0.490 e. The van der Waals surface area contributed by atoms with Gasteiger partial charge in [0.25, 0.3) is 0 Å². The molecule has 0 bridgehead atoms. The van der Waals surface area contributed by atoms with Crippen molar-refractivity contribution in [3.8, 4) is 5.75 Å². The molecule has 134 valence electrons. The number of aliphatic hydroxyl groups excluding tert-OH is 1. The molecule has 0 amide bonds. The lowest BCUT2D eigenvalue weighted by molar-refractivity contribution is -0.939. The van der Waals surface area contributed by atoms with Gasteiger partial charge in [-0.2, -0.15) is 0 Å². The van der Waals surface area contributed by atoms with Crippen LogP contribution in [0.5, 0.6) is 5.75 Å². The van der Waals surface area contributed by atoms with Gasteiger partial charge in [0, 0.05) is 5.92 Å². The zero-order valence-corrected chi connectivity index (χ0v) is 15.3. The van der Waals surface area contributed by atoms with Crippen LogP contribution in [-0.4, -0.2) is 36.9 Å². The highest BCUT2D eigenvalue weighted by molar-refractivity contribution is 5.35. The zero-order valence-electron chi connectivity index (χ0n) is 15.3. The van der Waals surface area contributed by atoms with Gasteiger partial charge >= 0.3 is 0 Å². The van der Waals surface area contributed by atoms with Gasteiger partial charge in [0.2, 0.25) is 0 Å². The Bertz CT molecular complexity index is 514. The first-order chi connectivity index (χ1) is 11.6. The minimum Gasteiger partial charge on any atom is -0.490 e. The molecule has 1 heterocycles. The average Bonchev–Trinajstić information content (AvgIpc) is 2.60. The highest BCUT2D eigenvalue weighted by Gasteiger charge is 2.37. The third kappa shape index (κ3) is 4.31. The van der Waals surface area contributed by atoms with Crippen molar-refractivity contribution in [1.29, 1.82) is 0 Å². The van der Waals surface area contributed by atoms with Crippen LogP contribution in [-0.2, 0) is 0 Å². The summed E-state index contributed by atoms with van der Waals surface area (Å²) in [5.74, 6) is 2.27. The molecule has 1 aromatic rings. The van der Waals surface area contributed by atoms with E-state index >= 15 is 0 Å². The SMILES string of the molecule is CC(C)c1ccccc1OC[C@H](O)C[NH+]1CCC[C@@H]2CCCC[C@H]21. The van der Waals surface area contributed by atoms with E-state index in [-0.39, 0.29) is 6.10 Å². The van der Waals surface area contributed by atoms with Crippen molar-refractivity contribution in [2.75, 3.05) is 19.7 Å². The summed E-state index contributed by atoms with van der Waals surface area (Å²) in [5, 5.41) is 10.5. The fourth-order valence-electron chi connectivity index (χ4n) is 4.76. The first-order valence-corrected chi connectivity index (χ1v) is 9.89. The topological polar surface area (TPSA) is 33.9 Å². The van der Waals surface area contributed by atoms with Crippen LogP contribution in [0.4, 0.5) is 0 Å². The highest BCUT2D eigenvalue weighted by atomic mass is 16.5. The summed E-state index contributed by atoms with van der Waals surface area (Å²) < 4.78 is 5.97. The number of ether oxygens (including phenoxy) is 1. The van der Waals surface area contributed by atoms with Crippen molar-refractivity contribution < 1.29 is 14.7 Å². The first-order valence-electron chi connectivity index (χ1n) is 9.89. The number of likely N-dealkylation sites (tertiary alicyclic amines) is 1. The van der Waals surface area contributed by atoms with Gasteiger partial charge in [-0.1, -0.05) is 38.5 Å². The van der Waals surface area contributed by atoms with Gasteiger partial charge in [-0.15, -0.1) is 0 Å². The van der Waals surface area contributed by atoms with Crippen LogP contribution in [0.3, 0.4) is 0 Å². The summed E-state index contributed by atoms with van der Waals surface area (Å²) in [4.78, 5) is 1.62. The number of nitrogens with one attached hydrogen (secondary N) is 1. The van der Waals surface area contributed by atoms with E-state index in [0.29, 0.717) is 12.5 Å². The van der Waals surface area contributed by atoms with E-state index in [2.05, 4.69) is 26.0 Å². The number of fused-ring (bicyclic) bond motifs is 1. The van der Waals surface area contributed by atoms with Crippen LogP contribution in [0.1, 0.15) is 63.9 Å². The lowest BCUT2D eigenvalue weighted by Crippen LogP contribution is -3.18. The third-order valence-corrected chi connectivity index (χ3v) is 5.98. The van der Waals surface area contributed by atoms with Gasteiger partial charge in [0.05, 0.1) is 12.6 Å². The maximum absolute atomic E-state index is 10.5. The summed E-state index contributed by atoms with van der Waals surface area (Å²) in [5.41, 5.74) is 1.22. The number of quaternary nitrogens is 1. The zero-order chi connectivity index (χ0) is 16.9. The molecule has 24 heavy (non-hydrogen) atoms. The maximum atomic E-state index is 10.5. The summed E-state index contributed by atoms with van der Waals surface area (Å²) in [6.07, 6.45) is 7.89. The molecule has 1 saturated carbocycles. The number of aliphatic hydroxyl groups is 1. The molecule has 0 spiro atoms. The van der Waals surface area contributed by atoms with E-state index in [1.165, 1.54) is 50.6 Å². The van der Waals surface area contributed by atoms with E-state index in [4.69, 9.17) is 4.74 Å². The Balaban J connectivity index is 1.53. The van der Waals surface area contributed by atoms with Crippen LogP contribution in [0, 0.1) is 5.92 Å². The second-order valence-electron chi connectivity index (χ2n) is 8.06. The smallest absolute Gasteiger partial charge is 0.137 e. The second kappa shape index (κ2) is 8.35. The Morgan fingerprint density at radius 1 is 1.12 bits per heavy atom. The molecule has 1 unspecified atom stereocenters. The predicted molar refractivity (Wildman–Crippen MR) is 97.7 cm³/mol. The number of rotatable bonds is 6. The molecule has 3 nitrogen and oxygen atoms in total. The minimum absolute atomic E-state index is 0.374. The lowest BCUT2D eigenvalue weighted by atomic mass is 9.78. The van der Waals surface area contributed by atoms with Crippen LogP contribution in [0.25, 0.3) is 0 Å². The molecule has 1 saturated heterocycles. The second-order valence-corrected chi connectivity index (χ2v) is 8.06. The summed E-state index contributed by atoms with van der Waals surface area (Å²) in [6, 6.07) is 8.99. The first kappa shape index (κ1) is 17.8. The number of hydrogen-bond acceptors (Lipinski definition) is 2. The highest BCUT2D eigenvalue weighted by Crippen LogP contribution is 2.28. The Hall–Kier alpha value is -1.06. The summed E-state index contributed by atoms with van der Waals surface area (Å²) in [7, 11) is 0. The minimum atomic E-state index is -0.374. The fourth-order valence-corrected chi connectivity index (χ4v) is 4.76. The summed E-state index contributed by atoms with van der Waals surface area (Å²) >= 11 is 0. The Kier molecular flexibility index (Phi) is 6.18. The number of piperidine rings is 1. The molecule has 4 atom stereocenters. The number of para-hydroxylation sites is 1. The van der Waals surface area contributed by atoms with E-state index in [0.717, 1.165) is 24.3 Å². The van der Waals surface area contributed by atoms with Crippen LogP contribution < -0.4 is 9.64 Å². The van der Waals surface area contributed by atoms with E-state index < -0.39 is 0 Å². The van der Waals surface area contributed by atoms with Crippen molar-refractivity contribution in [1.82, 2.24) is 0 Å². The molecule has 2 N–H and O–H groups in total. The van der Waals surface area contributed by atoms with Gasteiger partial charge in [0.15, 0.2) is 0 Å². The van der Waals surface area contributed by atoms with E-state index in [1.807, 2.05) is 12.1 Å². The molecule has 2 aliphatic rings. The standard InChI is InChI=1S/C21H33NO2/c1-16(2)19-10-4-6-12-21(19)24-15-18(23)14-22-13-7-9-17-8-3-5-11-20(17)22/h4,6,10,12,16-18,20,23H,3,5,7-9,11,13-15H2,1-2H3/p+1/t17-,18+,20+/m0/s1. The van der Waals surface area contributed by atoms with Gasteiger partial charge in [-0.3, -0.25) is 0 Å². The Morgan fingerprint density at radius 3 is 2.71 bits per heavy atom. The summed E-state index contributed by atoms with van der Waals surface area (Å²) in [6.45, 7) is 6.83. The van der Waals surface area contributed by atoms with Crippen molar-refractivity contribution in [3.63, 3.8) is 0 Å². The van der Waals surface area contributed by atoms with Crippen LogP contribution in [0.15, 0.2) is 24.3 Å². The normalized spacial score (nSPS) is 28.4. The fraction of sp³-hybridized carbons (Fsp3) is 0.714. The quantitative estimate of drug-likeness (QED) is 0.840. The molecule has 0 aromatic heterocycles. The number of benzene rings is 1. The van der Waals surface area contributed by atoms with Gasteiger partial charge in [0.1, 0.15) is 25.0 Å². The predicted octanol–water partition coefficient (Wildman–Crippen LogP) is 2.79. The van der Waals surface area contributed by atoms with E-state index in [9.17, 15) is 5.11 Å². The Morgan fingerprint density at radius 2 is 1.88 bits per heavy atom. The molecule has 3 heteroatoms. The molecule has 1 aromatic carbocycles.